The number of aliphatic carboxylic acids is 1. The van der Waals surface area contributed by atoms with Crippen molar-refractivity contribution >= 4 is 29.6 Å². The molecule has 0 aliphatic heterocycles. The molecule has 2 N–H and O–H groups in total. The summed E-state index contributed by atoms with van der Waals surface area (Å²) in [5.41, 5.74) is 1.69. The van der Waals surface area contributed by atoms with Crippen LogP contribution in [0.15, 0.2) is 78.5 Å². The maximum absolute atomic E-state index is 13.7. The van der Waals surface area contributed by atoms with E-state index in [1.54, 1.807) is 66.7 Å². The maximum Gasteiger partial charge on any atom is 0.352 e. The van der Waals surface area contributed by atoms with Crippen molar-refractivity contribution in [3.05, 3.63) is 100 Å². The molecule has 0 fully saturated rings. The summed E-state index contributed by atoms with van der Waals surface area (Å²) in [4.78, 5) is 23.8. The summed E-state index contributed by atoms with van der Waals surface area (Å²) in [7, 11) is 0. The second-order valence-electron chi connectivity index (χ2n) is 5.91. The lowest BCUT2D eigenvalue weighted by Crippen LogP contribution is -2.27. The Morgan fingerprint density at radius 1 is 0.964 bits per heavy atom. The molecule has 0 unspecified atom stereocenters. The zero-order valence-electron chi connectivity index (χ0n) is 14.5. The van der Waals surface area contributed by atoms with Gasteiger partial charge in [-0.3, -0.25) is 4.79 Å². The minimum Gasteiger partial charge on any atom is -0.477 e. The van der Waals surface area contributed by atoms with Crippen LogP contribution in [0, 0.1) is 5.82 Å². The predicted octanol–water partition coefficient (Wildman–Crippen LogP) is 5.00. The summed E-state index contributed by atoms with van der Waals surface area (Å²) in [5, 5.41) is 11.8. The van der Waals surface area contributed by atoms with Gasteiger partial charge in [-0.05, 0) is 41.5 Å². The maximum atomic E-state index is 13.7. The Labute approximate surface area is 165 Å². The Balaban J connectivity index is 1.92. The Bertz CT molecular complexity index is 1060. The molecule has 0 aliphatic rings. The van der Waals surface area contributed by atoms with Gasteiger partial charge in [-0.2, -0.15) is 0 Å². The van der Waals surface area contributed by atoms with Gasteiger partial charge in [0.15, 0.2) is 0 Å². The number of carboxylic acid groups (broad SMARTS) is 1. The number of hydrogen-bond donors (Lipinski definition) is 2. The van der Waals surface area contributed by atoms with Crippen LogP contribution in [0.4, 0.5) is 4.39 Å². The number of amides is 1. The smallest absolute Gasteiger partial charge is 0.352 e. The van der Waals surface area contributed by atoms with E-state index in [-0.39, 0.29) is 10.7 Å². The largest absolute Gasteiger partial charge is 0.477 e. The average molecular weight is 396 g/mol. The van der Waals surface area contributed by atoms with E-state index in [4.69, 9.17) is 11.6 Å². The fraction of sp³-hybridized carbons (Fsp3) is 0. The number of nitrogens with one attached hydrogen (secondary N) is 1. The van der Waals surface area contributed by atoms with Crippen molar-refractivity contribution in [2.45, 2.75) is 0 Å². The summed E-state index contributed by atoms with van der Waals surface area (Å²) in [6.45, 7) is 0. The molecule has 1 amide bonds. The third-order valence-electron chi connectivity index (χ3n) is 3.97. The Morgan fingerprint density at radius 3 is 2.39 bits per heavy atom. The van der Waals surface area contributed by atoms with E-state index in [0.717, 1.165) is 0 Å². The SMILES string of the molecule is O=C(O)C(=Cc1cccc(-c2cccc(F)c2Cl)c1)NC(=O)c1ccccc1. The molecule has 0 radical (unpaired) electrons. The molecular weight excluding hydrogens is 381 g/mol. The zero-order chi connectivity index (χ0) is 20.1. The number of hydrogen-bond acceptors (Lipinski definition) is 2. The molecule has 0 aliphatic carbocycles. The molecule has 0 aromatic heterocycles. The van der Waals surface area contributed by atoms with Gasteiger partial charge >= 0.3 is 5.97 Å². The third-order valence-corrected chi connectivity index (χ3v) is 4.36. The number of benzene rings is 3. The summed E-state index contributed by atoms with van der Waals surface area (Å²) in [6.07, 6.45) is 1.33. The van der Waals surface area contributed by atoms with E-state index in [1.165, 1.54) is 12.1 Å². The first-order valence-corrected chi connectivity index (χ1v) is 8.69. The van der Waals surface area contributed by atoms with Crippen LogP contribution in [0.2, 0.25) is 5.02 Å². The van der Waals surface area contributed by atoms with Gasteiger partial charge in [-0.1, -0.05) is 60.1 Å². The van der Waals surface area contributed by atoms with Crippen LogP contribution in [0.5, 0.6) is 0 Å². The lowest BCUT2D eigenvalue weighted by molar-refractivity contribution is -0.132. The molecule has 0 saturated heterocycles. The van der Waals surface area contributed by atoms with E-state index < -0.39 is 17.7 Å². The summed E-state index contributed by atoms with van der Waals surface area (Å²) in [6, 6.07) is 19.5. The number of rotatable bonds is 5. The Morgan fingerprint density at radius 2 is 1.68 bits per heavy atom. The number of carbonyl (C=O) groups is 2. The average Bonchev–Trinajstić information content (AvgIpc) is 2.70. The second-order valence-corrected chi connectivity index (χ2v) is 6.29. The van der Waals surface area contributed by atoms with Gasteiger partial charge < -0.3 is 10.4 Å². The third kappa shape index (κ3) is 4.45. The standard InChI is InChI=1S/C22H15ClFNO3/c23-20-17(10-5-11-18(20)24)16-9-4-6-14(12-16)13-19(22(27)28)25-21(26)15-7-2-1-3-8-15/h1-13H,(H,25,26)(H,27,28). The van der Waals surface area contributed by atoms with Crippen LogP contribution < -0.4 is 5.32 Å². The molecule has 3 aromatic rings. The highest BCUT2D eigenvalue weighted by atomic mass is 35.5. The Hall–Kier alpha value is -3.44. The minimum atomic E-state index is -1.28. The normalized spacial score (nSPS) is 11.1. The molecule has 0 spiro atoms. The van der Waals surface area contributed by atoms with Gasteiger partial charge in [-0.25, -0.2) is 9.18 Å². The lowest BCUT2D eigenvalue weighted by atomic mass is 10.0. The number of carbonyl (C=O) groups excluding carboxylic acids is 1. The van der Waals surface area contributed by atoms with Gasteiger partial charge in [0.2, 0.25) is 0 Å². The predicted molar refractivity (Wildman–Crippen MR) is 106 cm³/mol. The molecule has 3 aromatic carbocycles. The van der Waals surface area contributed by atoms with Crippen molar-refractivity contribution in [3.63, 3.8) is 0 Å². The van der Waals surface area contributed by atoms with Crippen LogP contribution in [-0.4, -0.2) is 17.0 Å². The van der Waals surface area contributed by atoms with E-state index >= 15 is 0 Å². The monoisotopic (exact) mass is 395 g/mol. The lowest BCUT2D eigenvalue weighted by Gasteiger charge is -2.08. The van der Waals surface area contributed by atoms with Crippen LogP contribution in [0.3, 0.4) is 0 Å². The molecule has 0 atom stereocenters. The van der Waals surface area contributed by atoms with E-state index in [2.05, 4.69) is 5.32 Å². The fourth-order valence-corrected chi connectivity index (χ4v) is 2.86. The first-order valence-electron chi connectivity index (χ1n) is 8.31. The summed E-state index contributed by atoms with van der Waals surface area (Å²) >= 11 is 6.03. The fourth-order valence-electron chi connectivity index (χ4n) is 2.62. The summed E-state index contributed by atoms with van der Waals surface area (Å²) in [5.74, 6) is -2.35. The molecular formula is C22H15ClFNO3. The molecule has 0 saturated carbocycles. The summed E-state index contributed by atoms with van der Waals surface area (Å²) < 4.78 is 13.7. The Kier molecular flexibility index (Phi) is 5.87. The molecule has 0 heterocycles. The topological polar surface area (TPSA) is 66.4 Å². The van der Waals surface area contributed by atoms with Crippen molar-refractivity contribution in [1.82, 2.24) is 5.32 Å². The van der Waals surface area contributed by atoms with Crippen LogP contribution in [0.1, 0.15) is 15.9 Å². The first kappa shape index (κ1) is 19.3. The highest BCUT2D eigenvalue weighted by Gasteiger charge is 2.14. The number of halogens is 2. The molecule has 140 valence electrons. The molecule has 28 heavy (non-hydrogen) atoms. The van der Waals surface area contributed by atoms with E-state index in [1.807, 2.05) is 0 Å². The molecule has 3 rings (SSSR count). The zero-order valence-corrected chi connectivity index (χ0v) is 15.3. The van der Waals surface area contributed by atoms with Gasteiger partial charge in [0.25, 0.3) is 5.91 Å². The van der Waals surface area contributed by atoms with Crippen LogP contribution in [-0.2, 0) is 4.79 Å². The van der Waals surface area contributed by atoms with Crippen molar-refractivity contribution in [1.29, 1.82) is 0 Å². The molecule has 4 nitrogen and oxygen atoms in total. The van der Waals surface area contributed by atoms with Crippen LogP contribution >= 0.6 is 11.6 Å². The minimum absolute atomic E-state index is 0.0144. The van der Waals surface area contributed by atoms with E-state index in [9.17, 15) is 19.1 Å². The molecule has 6 heteroatoms. The van der Waals surface area contributed by atoms with Gasteiger partial charge in [-0.15, -0.1) is 0 Å². The van der Waals surface area contributed by atoms with Crippen LogP contribution in [0.25, 0.3) is 17.2 Å². The molecule has 0 bridgehead atoms. The van der Waals surface area contributed by atoms with Gasteiger partial charge in [0.05, 0.1) is 5.02 Å². The van der Waals surface area contributed by atoms with Gasteiger partial charge in [0, 0.05) is 11.1 Å². The van der Waals surface area contributed by atoms with E-state index in [0.29, 0.717) is 22.3 Å². The first-order chi connectivity index (χ1) is 13.5. The quantitative estimate of drug-likeness (QED) is 0.597. The van der Waals surface area contributed by atoms with Crippen molar-refractivity contribution in [2.75, 3.05) is 0 Å². The van der Waals surface area contributed by atoms with Crippen molar-refractivity contribution in [2.24, 2.45) is 0 Å². The van der Waals surface area contributed by atoms with Crippen molar-refractivity contribution < 1.29 is 19.1 Å². The second kappa shape index (κ2) is 8.50. The number of carboxylic acids is 1. The van der Waals surface area contributed by atoms with Gasteiger partial charge in [0.1, 0.15) is 11.5 Å². The highest BCUT2D eigenvalue weighted by Crippen LogP contribution is 2.30. The van der Waals surface area contributed by atoms with Crippen molar-refractivity contribution in [3.8, 4) is 11.1 Å². The highest BCUT2D eigenvalue weighted by molar-refractivity contribution is 6.33.